The van der Waals surface area contributed by atoms with E-state index in [-0.39, 0.29) is 47.5 Å². The van der Waals surface area contributed by atoms with E-state index in [0.717, 1.165) is 6.42 Å². The number of halogens is 2. The van der Waals surface area contributed by atoms with Gasteiger partial charge in [-0.2, -0.15) is 6.08 Å². The maximum atomic E-state index is 2.99. The summed E-state index contributed by atoms with van der Waals surface area (Å²) in [5.41, 5.74) is 8.63. The molecular formula is C53H52Cl2Zr-2. The van der Waals surface area contributed by atoms with Gasteiger partial charge in [-0.3, -0.25) is 6.08 Å². The monoisotopic (exact) mass is 848 g/mol. The van der Waals surface area contributed by atoms with Crippen LogP contribution < -0.4 is 24.8 Å². The van der Waals surface area contributed by atoms with Gasteiger partial charge in [-0.15, -0.1) is 46.2 Å². The molecule has 0 nitrogen and oxygen atoms in total. The van der Waals surface area contributed by atoms with Crippen molar-refractivity contribution in [1.29, 1.82) is 0 Å². The summed E-state index contributed by atoms with van der Waals surface area (Å²) in [6, 6.07) is 59.8. The predicted molar refractivity (Wildman–Crippen MR) is 230 cm³/mol. The normalized spacial score (nSPS) is 12.0. The fraction of sp³-hybridized carbons (Fsp3) is 0.208. The van der Waals surface area contributed by atoms with Crippen molar-refractivity contribution < 1.29 is 49.0 Å². The van der Waals surface area contributed by atoms with Gasteiger partial charge in [-0.25, -0.2) is 12.2 Å². The number of allylic oxidation sites excluding steroid dienone is 4. The van der Waals surface area contributed by atoms with Crippen LogP contribution in [0, 0.1) is 6.08 Å². The van der Waals surface area contributed by atoms with E-state index in [1.807, 2.05) is 12.2 Å². The summed E-state index contributed by atoms with van der Waals surface area (Å²) in [6.07, 6.45) is 10.0. The number of rotatable bonds is 6. The first-order valence-electron chi connectivity index (χ1n) is 19.1. The molecule has 0 saturated carbocycles. The van der Waals surface area contributed by atoms with Gasteiger partial charge in [0.1, 0.15) is 0 Å². The van der Waals surface area contributed by atoms with Gasteiger partial charge in [0.25, 0.3) is 0 Å². The van der Waals surface area contributed by atoms with Crippen LogP contribution in [0.25, 0.3) is 21.5 Å². The van der Waals surface area contributed by atoms with Crippen molar-refractivity contribution >= 4 is 24.8 Å². The molecule has 0 heterocycles. The summed E-state index contributed by atoms with van der Waals surface area (Å²) in [5.74, 6) is 0.567. The van der Waals surface area contributed by atoms with E-state index in [4.69, 9.17) is 0 Å². The summed E-state index contributed by atoms with van der Waals surface area (Å²) < 4.78 is 1.53. The van der Waals surface area contributed by atoms with Crippen LogP contribution in [0.5, 0.6) is 0 Å². The van der Waals surface area contributed by atoms with Crippen LogP contribution >= 0.6 is 0 Å². The first kappa shape index (κ1) is 44.7. The molecular weight excluding hydrogens is 799 g/mol. The van der Waals surface area contributed by atoms with E-state index in [1.165, 1.54) is 82.4 Å². The van der Waals surface area contributed by atoms with Crippen LogP contribution in [-0.4, -0.2) is 3.21 Å². The Labute approximate surface area is 363 Å². The molecule has 0 saturated heterocycles. The van der Waals surface area contributed by atoms with E-state index in [1.54, 1.807) is 0 Å². The first-order chi connectivity index (χ1) is 26.0. The molecule has 8 rings (SSSR count). The van der Waals surface area contributed by atoms with E-state index in [0.29, 0.717) is 0 Å². The number of hydrogen-bond acceptors (Lipinski definition) is 0. The second-order valence-electron chi connectivity index (χ2n) is 16.2. The Bertz CT molecular complexity index is 2080. The van der Waals surface area contributed by atoms with Gasteiger partial charge in [-0.05, 0) is 10.8 Å². The Kier molecular flexibility index (Phi) is 16.3. The molecule has 0 bridgehead atoms. The molecule has 56 heavy (non-hydrogen) atoms. The van der Waals surface area contributed by atoms with Gasteiger partial charge in [0, 0.05) is 0 Å². The quantitative estimate of drug-likeness (QED) is 0.149. The molecule has 0 amide bonds. The van der Waals surface area contributed by atoms with Gasteiger partial charge in [-0.1, -0.05) is 76.9 Å². The van der Waals surface area contributed by atoms with Crippen LogP contribution in [0.4, 0.5) is 0 Å². The third kappa shape index (κ3) is 11.3. The molecule has 0 N–H and O–H groups in total. The zero-order valence-electron chi connectivity index (χ0n) is 33.4. The van der Waals surface area contributed by atoms with Gasteiger partial charge in [0.15, 0.2) is 0 Å². The topological polar surface area (TPSA) is 0 Å². The molecule has 0 spiro atoms. The zero-order valence-corrected chi connectivity index (χ0v) is 37.4. The first-order valence-corrected chi connectivity index (χ1v) is 20.4. The summed E-state index contributed by atoms with van der Waals surface area (Å²) in [6.45, 7) is 13.7. The van der Waals surface area contributed by atoms with Crippen molar-refractivity contribution in [2.24, 2.45) is 0 Å². The van der Waals surface area contributed by atoms with E-state index in [2.05, 4.69) is 217 Å². The Morgan fingerprint density at radius 3 is 1.11 bits per heavy atom. The molecule has 0 radical (unpaired) electrons. The number of benzene rings is 6. The minimum atomic E-state index is 0. The minimum absolute atomic E-state index is 0. The molecule has 3 heteroatoms. The number of fused-ring (bicyclic) bond motifs is 3. The second-order valence-corrected chi connectivity index (χ2v) is 17.6. The van der Waals surface area contributed by atoms with Crippen LogP contribution in [-0.2, 0) is 35.1 Å². The Balaban J connectivity index is 0.000000220. The molecule has 1 aliphatic rings. The van der Waals surface area contributed by atoms with E-state index >= 15 is 0 Å². The average Bonchev–Trinajstić information content (AvgIpc) is 3.89. The standard InChI is InChI=1S/C27H22.C21H25.C5H5.2ClH.Zr/c1-5-13-22(14-6-1)26(23-15-7-2-8-16-23)21-27(24-17-9-3-10-18-24)25-19-11-4-12-20-25;1-20(2,3)16-9-7-14-11-15-8-10-17(21(4,5)6)13-19(15)18(14)12-16;1-2-4-5-3-1;;;/h1-20,26-27H;7-13H,1-6H3;1-3H,4H2;2*1H;/q;2*-1;;;+2/p-2. The third-order valence-corrected chi connectivity index (χ3v) is 11.6. The van der Waals surface area contributed by atoms with Crippen LogP contribution in [0.1, 0.15) is 93.2 Å². The maximum absolute atomic E-state index is 2.99. The summed E-state index contributed by atoms with van der Waals surface area (Å²) in [7, 11) is 0. The second kappa shape index (κ2) is 20.4. The molecule has 0 fully saturated rings. The summed E-state index contributed by atoms with van der Waals surface area (Å²) >= 11 is 1.47. The SMILES string of the molecule is CC(C)(C)c1ccc2[cH-]c3ccc(C(C)(C)C)cc3c2c1.[C-]1=CC=CC1.[Cl-].[Cl-].[Zr+2]=[C](C(c1ccccc1)c1ccccc1)C(c1ccccc1)c1ccccc1. The molecule has 7 aromatic carbocycles. The van der Waals surface area contributed by atoms with Crippen LogP contribution in [0.15, 0.2) is 182 Å². The van der Waals surface area contributed by atoms with Crippen LogP contribution in [0.3, 0.4) is 0 Å². The van der Waals surface area contributed by atoms with Crippen LogP contribution in [0.2, 0.25) is 0 Å². The number of hydrogen-bond donors (Lipinski definition) is 0. The van der Waals surface area contributed by atoms with Gasteiger partial charge >= 0.3 is 183 Å². The Morgan fingerprint density at radius 1 is 0.518 bits per heavy atom. The molecule has 0 atom stereocenters. The zero-order chi connectivity index (χ0) is 38.1. The van der Waals surface area contributed by atoms with E-state index in [9.17, 15) is 0 Å². The van der Waals surface area contributed by atoms with Gasteiger partial charge in [0.2, 0.25) is 0 Å². The van der Waals surface area contributed by atoms with Crippen molar-refractivity contribution in [2.45, 2.75) is 70.6 Å². The van der Waals surface area contributed by atoms with Gasteiger partial charge < -0.3 is 24.8 Å². The van der Waals surface area contributed by atoms with Gasteiger partial charge in [0.05, 0.1) is 0 Å². The Morgan fingerprint density at radius 2 is 0.857 bits per heavy atom. The predicted octanol–water partition coefficient (Wildman–Crippen LogP) is 7.99. The third-order valence-electron chi connectivity index (χ3n) is 10.2. The Hall–Kier alpha value is -4.00. The summed E-state index contributed by atoms with van der Waals surface area (Å²) in [4.78, 5) is 0. The van der Waals surface area contributed by atoms with Crippen molar-refractivity contribution in [3.05, 3.63) is 221 Å². The fourth-order valence-electron chi connectivity index (χ4n) is 7.12. The molecule has 1 aliphatic carbocycles. The van der Waals surface area contributed by atoms with E-state index < -0.39 is 0 Å². The van der Waals surface area contributed by atoms with Crippen molar-refractivity contribution in [3.63, 3.8) is 0 Å². The van der Waals surface area contributed by atoms with Crippen molar-refractivity contribution in [3.8, 4) is 0 Å². The summed E-state index contributed by atoms with van der Waals surface area (Å²) in [5, 5.41) is 5.49. The molecule has 0 unspecified atom stereocenters. The fourth-order valence-corrected chi connectivity index (χ4v) is 8.76. The average molecular weight is 851 g/mol. The van der Waals surface area contributed by atoms with Crippen molar-refractivity contribution in [2.75, 3.05) is 0 Å². The molecule has 284 valence electrons. The molecule has 0 aromatic heterocycles. The molecule has 7 aromatic rings. The van der Waals surface area contributed by atoms with Crippen molar-refractivity contribution in [1.82, 2.24) is 0 Å². The molecule has 0 aliphatic heterocycles.